The summed E-state index contributed by atoms with van der Waals surface area (Å²) in [5, 5.41) is 6.45. The van der Waals surface area contributed by atoms with Crippen LogP contribution in [0.1, 0.15) is 45.4 Å². The minimum absolute atomic E-state index is 0.214. The van der Waals surface area contributed by atoms with Gasteiger partial charge in [-0.3, -0.25) is 4.79 Å². The maximum absolute atomic E-state index is 11.9. The molecule has 0 aromatic carbocycles. The topological polar surface area (TPSA) is 41.1 Å². The van der Waals surface area contributed by atoms with Crippen LogP contribution < -0.4 is 10.6 Å². The largest absolute Gasteiger partial charge is 0.355 e. The summed E-state index contributed by atoms with van der Waals surface area (Å²) in [4.78, 5) is 11.9. The van der Waals surface area contributed by atoms with Gasteiger partial charge in [0.1, 0.15) is 0 Å². The third kappa shape index (κ3) is 2.97. The molecular formula is C13H24N2O. The van der Waals surface area contributed by atoms with Crippen LogP contribution in [0.4, 0.5) is 0 Å². The molecule has 1 amide bonds. The van der Waals surface area contributed by atoms with E-state index in [-0.39, 0.29) is 11.8 Å². The summed E-state index contributed by atoms with van der Waals surface area (Å²) < 4.78 is 0. The van der Waals surface area contributed by atoms with Gasteiger partial charge in [0.05, 0.1) is 5.92 Å². The minimum atomic E-state index is 0.214. The molecule has 1 saturated heterocycles. The van der Waals surface area contributed by atoms with Crippen molar-refractivity contribution in [3.05, 3.63) is 0 Å². The van der Waals surface area contributed by atoms with E-state index < -0.39 is 0 Å². The summed E-state index contributed by atoms with van der Waals surface area (Å²) in [6, 6.07) is 0. The number of hydrogen-bond donors (Lipinski definition) is 2. The molecule has 1 atom stereocenters. The van der Waals surface area contributed by atoms with Gasteiger partial charge in [-0.15, -0.1) is 0 Å². The molecule has 1 aliphatic heterocycles. The van der Waals surface area contributed by atoms with Crippen LogP contribution in [0.25, 0.3) is 0 Å². The first-order valence-corrected chi connectivity index (χ1v) is 6.74. The Kier molecular flexibility index (Phi) is 3.85. The quantitative estimate of drug-likeness (QED) is 0.746. The van der Waals surface area contributed by atoms with Gasteiger partial charge >= 0.3 is 0 Å². The van der Waals surface area contributed by atoms with Gasteiger partial charge in [-0.1, -0.05) is 13.3 Å². The predicted molar refractivity (Wildman–Crippen MR) is 65.2 cm³/mol. The number of carbonyl (C=O) groups excluding carboxylic acids is 1. The zero-order valence-corrected chi connectivity index (χ0v) is 10.3. The van der Waals surface area contributed by atoms with Crippen molar-refractivity contribution >= 4 is 5.91 Å². The van der Waals surface area contributed by atoms with Crippen molar-refractivity contribution in [2.75, 3.05) is 19.6 Å². The highest BCUT2D eigenvalue weighted by Crippen LogP contribution is 2.48. The molecular weight excluding hydrogens is 200 g/mol. The molecule has 0 bridgehead atoms. The first-order valence-electron chi connectivity index (χ1n) is 6.74. The summed E-state index contributed by atoms with van der Waals surface area (Å²) >= 11 is 0. The molecule has 3 heteroatoms. The average Bonchev–Trinajstić information content (AvgIpc) is 3.08. The van der Waals surface area contributed by atoms with E-state index in [1.165, 1.54) is 25.7 Å². The van der Waals surface area contributed by atoms with Crippen LogP contribution in [0.2, 0.25) is 0 Å². The Morgan fingerprint density at radius 1 is 1.50 bits per heavy atom. The van der Waals surface area contributed by atoms with Crippen molar-refractivity contribution in [1.29, 1.82) is 0 Å². The van der Waals surface area contributed by atoms with Gasteiger partial charge in [0.25, 0.3) is 0 Å². The molecule has 0 spiro atoms. The van der Waals surface area contributed by atoms with Crippen molar-refractivity contribution in [1.82, 2.24) is 10.6 Å². The highest BCUT2D eigenvalue weighted by Gasteiger charge is 2.41. The second-order valence-electron chi connectivity index (χ2n) is 5.51. The third-order valence-corrected chi connectivity index (χ3v) is 4.04. The molecule has 1 saturated carbocycles. The lowest BCUT2D eigenvalue weighted by atomic mass is 9.97. The number of carbonyl (C=O) groups is 1. The first kappa shape index (κ1) is 11.9. The van der Waals surface area contributed by atoms with Crippen LogP contribution in [0.15, 0.2) is 0 Å². The van der Waals surface area contributed by atoms with Crippen LogP contribution in [0.3, 0.4) is 0 Å². The van der Waals surface area contributed by atoms with E-state index in [2.05, 4.69) is 17.6 Å². The van der Waals surface area contributed by atoms with Gasteiger partial charge in [-0.25, -0.2) is 0 Å². The molecule has 2 aliphatic rings. The second-order valence-corrected chi connectivity index (χ2v) is 5.51. The third-order valence-electron chi connectivity index (χ3n) is 4.04. The molecule has 16 heavy (non-hydrogen) atoms. The summed E-state index contributed by atoms with van der Waals surface area (Å²) in [6.07, 6.45) is 7.32. The van der Waals surface area contributed by atoms with Crippen LogP contribution in [-0.2, 0) is 4.79 Å². The highest BCUT2D eigenvalue weighted by molar-refractivity contribution is 5.79. The van der Waals surface area contributed by atoms with Crippen LogP contribution >= 0.6 is 0 Å². The van der Waals surface area contributed by atoms with Gasteiger partial charge in [-0.2, -0.15) is 0 Å². The Balaban J connectivity index is 1.70. The normalized spacial score (nSPS) is 27.4. The molecule has 0 radical (unpaired) electrons. The van der Waals surface area contributed by atoms with Crippen molar-refractivity contribution in [3.63, 3.8) is 0 Å². The highest BCUT2D eigenvalue weighted by atomic mass is 16.1. The van der Waals surface area contributed by atoms with Crippen molar-refractivity contribution in [3.8, 4) is 0 Å². The van der Waals surface area contributed by atoms with Gasteiger partial charge in [-0.05, 0) is 44.1 Å². The number of amides is 1. The lowest BCUT2D eigenvalue weighted by molar-refractivity contribution is -0.125. The lowest BCUT2D eigenvalue weighted by Crippen LogP contribution is -2.42. The first-order chi connectivity index (χ1) is 7.76. The Morgan fingerprint density at radius 3 is 2.88 bits per heavy atom. The molecule has 2 N–H and O–H groups in total. The van der Waals surface area contributed by atoms with Gasteiger partial charge < -0.3 is 10.6 Å². The van der Waals surface area contributed by atoms with Crippen LogP contribution in [0.5, 0.6) is 0 Å². The van der Waals surface area contributed by atoms with Gasteiger partial charge in [0.15, 0.2) is 0 Å². The van der Waals surface area contributed by atoms with E-state index in [0.29, 0.717) is 5.41 Å². The number of nitrogens with one attached hydrogen (secondary N) is 2. The minimum Gasteiger partial charge on any atom is -0.355 e. The molecule has 0 unspecified atom stereocenters. The number of hydrogen-bond acceptors (Lipinski definition) is 2. The van der Waals surface area contributed by atoms with Crippen LogP contribution in [0, 0.1) is 11.3 Å². The Hall–Kier alpha value is -0.570. The molecule has 2 rings (SSSR count). The Morgan fingerprint density at radius 2 is 2.31 bits per heavy atom. The fraction of sp³-hybridized carbons (Fsp3) is 0.923. The monoisotopic (exact) mass is 224 g/mol. The molecule has 1 aliphatic carbocycles. The predicted octanol–water partition coefficient (Wildman–Crippen LogP) is 1.68. The maximum atomic E-state index is 11.9. The lowest BCUT2D eigenvalue weighted by Gasteiger charge is -2.23. The van der Waals surface area contributed by atoms with E-state index in [1.807, 2.05) is 0 Å². The van der Waals surface area contributed by atoms with Gasteiger partial charge in [0.2, 0.25) is 5.91 Å². The van der Waals surface area contributed by atoms with Crippen molar-refractivity contribution in [2.24, 2.45) is 11.3 Å². The zero-order valence-electron chi connectivity index (χ0n) is 10.3. The van der Waals surface area contributed by atoms with Crippen molar-refractivity contribution < 1.29 is 4.79 Å². The molecule has 92 valence electrons. The summed E-state index contributed by atoms with van der Waals surface area (Å²) in [7, 11) is 0. The molecule has 1 heterocycles. The molecule has 0 aromatic rings. The zero-order chi connectivity index (χ0) is 11.4. The Bertz CT molecular complexity index is 242. The van der Waals surface area contributed by atoms with E-state index in [4.69, 9.17) is 0 Å². The Labute approximate surface area is 98.4 Å². The smallest absolute Gasteiger partial charge is 0.224 e. The molecule has 0 aromatic heterocycles. The maximum Gasteiger partial charge on any atom is 0.224 e. The van der Waals surface area contributed by atoms with E-state index in [9.17, 15) is 4.79 Å². The standard InChI is InChI=1S/C13H24N2O/c1-2-5-13(6-7-13)10-15-12(16)11-4-3-8-14-9-11/h11,14H,2-10H2,1H3,(H,15,16)/t11-/m1/s1. The molecule has 2 fully saturated rings. The average molecular weight is 224 g/mol. The fourth-order valence-electron chi connectivity index (χ4n) is 2.72. The number of rotatable bonds is 5. The van der Waals surface area contributed by atoms with E-state index in [0.717, 1.165) is 32.5 Å². The van der Waals surface area contributed by atoms with Gasteiger partial charge in [0, 0.05) is 13.1 Å². The molecule has 3 nitrogen and oxygen atoms in total. The SMILES string of the molecule is CCCC1(CNC(=O)[C@@H]2CCCNC2)CC1. The second kappa shape index (κ2) is 5.17. The van der Waals surface area contributed by atoms with Crippen LogP contribution in [-0.4, -0.2) is 25.5 Å². The van der Waals surface area contributed by atoms with E-state index >= 15 is 0 Å². The fourth-order valence-corrected chi connectivity index (χ4v) is 2.72. The summed E-state index contributed by atoms with van der Waals surface area (Å²) in [5.41, 5.74) is 0.479. The van der Waals surface area contributed by atoms with E-state index in [1.54, 1.807) is 0 Å². The summed E-state index contributed by atoms with van der Waals surface area (Å²) in [6.45, 7) is 5.08. The summed E-state index contributed by atoms with van der Waals surface area (Å²) in [5.74, 6) is 0.487. The van der Waals surface area contributed by atoms with Crippen molar-refractivity contribution in [2.45, 2.75) is 45.4 Å². The number of piperidine rings is 1.